The maximum Gasteiger partial charge on any atom is 0.465 e. The van der Waals surface area contributed by atoms with Crippen molar-refractivity contribution in [2.45, 2.75) is 12.2 Å². The Morgan fingerprint density at radius 1 is 1.14 bits per heavy atom. The van der Waals surface area contributed by atoms with Gasteiger partial charge >= 0.3 is 33.3 Å². The molecular formula is C10H12F2O9S. The van der Waals surface area contributed by atoms with Gasteiger partial charge in [-0.2, -0.15) is 17.2 Å². The number of hydrogen-bond donors (Lipinski definition) is 1. The lowest BCUT2D eigenvalue weighted by molar-refractivity contribution is -0.166. The second kappa shape index (κ2) is 7.79. The SMILES string of the molecule is C=C(C)C(=O)OCC(=O)OCCOC(=O)C(F)(F)S(=O)(=O)O. The van der Waals surface area contributed by atoms with Crippen molar-refractivity contribution in [1.82, 2.24) is 0 Å². The van der Waals surface area contributed by atoms with Gasteiger partial charge in [-0.3, -0.25) is 4.55 Å². The topological polar surface area (TPSA) is 133 Å². The Morgan fingerprint density at radius 2 is 1.64 bits per heavy atom. The minimum atomic E-state index is -5.96. The predicted molar refractivity (Wildman–Crippen MR) is 64.2 cm³/mol. The predicted octanol–water partition coefficient (Wildman–Crippen LogP) is -0.327. The van der Waals surface area contributed by atoms with E-state index in [0.717, 1.165) is 0 Å². The van der Waals surface area contributed by atoms with Crippen molar-refractivity contribution in [1.29, 1.82) is 0 Å². The first-order valence-corrected chi connectivity index (χ1v) is 6.84. The fraction of sp³-hybridized carbons (Fsp3) is 0.500. The molecule has 126 valence electrons. The summed E-state index contributed by atoms with van der Waals surface area (Å²) in [6.07, 6.45) is 0. The monoisotopic (exact) mass is 346 g/mol. The van der Waals surface area contributed by atoms with Gasteiger partial charge in [0.15, 0.2) is 6.61 Å². The van der Waals surface area contributed by atoms with Crippen molar-refractivity contribution in [3.05, 3.63) is 12.2 Å². The first kappa shape index (κ1) is 19.9. The first-order chi connectivity index (χ1) is 9.89. The second-order valence-corrected chi connectivity index (χ2v) is 5.17. The van der Waals surface area contributed by atoms with E-state index in [-0.39, 0.29) is 5.57 Å². The molecule has 22 heavy (non-hydrogen) atoms. The molecule has 0 fully saturated rings. The molecular weight excluding hydrogens is 334 g/mol. The summed E-state index contributed by atoms with van der Waals surface area (Å²) in [5, 5.41) is -5.13. The van der Waals surface area contributed by atoms with Gasteiger partial charge in [-0.05, 0) is 6.92 Å². The first-order valence-electron chi connectivity index (χ1n) is 5.40. The number of ether oxygens (including phenoxy) is 3. The van der Waals surface area contributed by atoms with E-state index in [4.69, 9.17) is 4.55 Å². The number of carbonyl (C=O) groups is 3. The molecule has 0 bridgehead atoms. The molecule has 0 saturated heterocycles. The lowest BCUT2D eigenvalue weighted by Crippen LogP contribution is -2.39. The molecule has 0 aromatic heterocycles. The molecule has 0 amide bonds. The highest BCUT2D eigenvalue weighted by Crippen LogP contribution is 2.21. The molecule has 1 N–H and O–H groups in total. The number of rotatable bonds is 8. The summed E-state index contributed by atoms with van der Waals surface area (Å²) in [4.78, 5) is 32.6. The Bertz CT molecular complexity index is 567. The molecule has 0 radical (unpaired) electrons. The standard InChI is InChI=1S/C10H12F2O9S/c1-6(2)8(14)21-5-7(13)19-3-4-20-9(15)10(11,12)22(16,17)18/h1,3-5H2,2H3,(H,16,17,18). The molecule has 0 heterocycles. The Labute approximate surface area is 123 Å². The van der Waals surface area contributed by atoms with E-state index in [1.807, 2.05) is 0 Å². The average Bonchev–Trinajstić information content (AvgIpc) is 2.38. The smallest absolute Gasteiger partial charge is 0.460 e. The normalized spacial score (nSPS) is 11.5. The fourth-order valence-corrected chi connectivity index (χ4v) is 1.04. The molecule has 0 aliphatic heterocycles. The van der Waals surface area contributed by atoms with Crippen LogP contribution in [-0.2, 0) is 38.7 Å². The summed E-state index contributed by atoms with van der Waals surface area (Å²) in [5.41, 5.74) is 0.0363. The van der Waals surface area contributed by atoms with Crippen molar-refractivity contribution in [2.75, 3.05) is 19.8 Å². The molecule has 0 aromatic carbocycles. The van der Waals surface area contributed by atoms with Crippen LogP contribution in [0.25, 0.3) is 0 Å². The summed E-state index contributed by atoms with van der Waals surface area (Å²) in [6.45, 7) is 2.21. The highest BCUT2D eigenvalue weighted by Gasteiger charge is 2.54. The van der Waals surface area contributed by atoms with Crippen LogP contribution in [0.15, 0.2) is 12.2 Å². The molecule has 9 nitrogen and oxygen atoms in total. The number of halogens is 2. The van der Waals surface area contributed by atoms with Gasteiger partial charge in [0.2, 0.25) is 0 Å². The minimum absolute atomic E-state index is 0.0363. The Kier molecular flexibility index (Phi) is 7.06. The number of esters is 3. The van der Waals surface area contributed by atoms with Crippen LogP contribution in [0.4, 0.5) is 8.78 Å². The van der Waals surface area contributed by atoms with Crippen molar-refractivity contribution >= 4 is 28.0 Å². The van der Waals surface area contributed by atoms with Gasteiger partial charge < -0.3 is 14.2 Å². The van der Waals surface area contributed by atoms with E-state index >= 15 is 0 Å². The highest BCUT2D eigenvalue weighted by molar-refractivity contribution is 7.87. The molecule has 0 atom stereocenters. The number of carbonyl (C=O) groups excluding carboxylic acids is 3. The average molecular weight is 346 g/mol. The van der Waals surface area contributed by atoms with E-state index < -0.39 is 53.1 Å². The van der Waals surface area contributed by atoms with E-state index in [9.17, 15) is 31.6 Å². The van der Waals surface area contributed by atoms with Crippen LogP contribution in [0.3, 0.4) is 0 Å². The molecule has 0 saturated carbocycles. The van der Waals surface area contributed by atoms with Crippen LogP contribution in [0.5, 0.6) is 0 Å². The molecule has 0 unspecified atom stereocenters. The molecule has 0 aliphatic carbocycles. The largest absolute Gasteiger partial charge is 0.465 e. The summed E-state index contributed by atoms with van der Waals surface area (Å²) in [5.74, 6) is -4.44. The molecule has 0 spiro atoms. The number of alkyl halides is 2. The summed E-state index contributed by atoms with van der Waals surface area (Å²) >= 11 is 0. The maximum absolute atomic E-state index is 12.7. The maximum atomic E-state index is 12.7. The van der Waals surface area contributed by atoms with Crippen LogP contribution in [-0.4, -0.2) is 56.0 Å². The highest BCUT2D eigenvalue weighted by atomic mass is 32.2. The third kappa shape index (κ3) is 6.13. The van der Waals surface area contributed by atoms with Gasteiger partial charge in [0.1, 0.15) is 13.2 Å². The molecule has 0 aliphatic rings. The van der Waals surface area contributed by atoms with Crippen LogP contribution in [0.1, 0.15) is 6.92 Å². The Balaban J connectivity index is 4.09. The van der Waals surface area contributed by atoms with Gasteiger partial charge in [0.25, 0.3) is 0 Å². The summed E-state index contributed by atoms with van der Waals surface area (Å²) in [6, 6.07) is 0. The minimum Gasteiger partial charge on any atom is -0.460 e. The van der Waals surface area contributed by atoms with Crippen LogP contribution >= 0.6 is 0 Å². The zero-order valence-corrected chi connectivity index (χ0v) is 12.0. The van der Waals surface area contributed by atoms with Crippen LogP contribution < -0.4 is 0 Å². The lowest BCUT2D eigenvalue weighted by atomic mass is 10.4. The summed E-state index contributed by atoms with van der Waals surface area (Å²) in [7, 11) is -5.96. The van der Waals surface area contributed by atoms with Crippen molar-refractivity contribution < 1.29 is 50.3 Å². The molecule has 12 heteroatoms. The van der Waals surface area contributed by atoms with Crippen LogP contribution in [0, 0.1) is 0 Å². The van der Waals surface area contributed by atoms with Crippen molar-refractivity contribution in [2.24, 2.45) is 0 Å². The van der Waals surface area contributed by atoms with Gasteiger partial charge in [-0.1, -0.05) is 6.58 Å². The fourth-order valence-electron chi connectivity index (χ4n) is 0.769. The quantitative estimate of drug-likeness (QED) is 0.206. The van der Waals surface area contributed by atoms with Gasteiger partial charge in [0, 0.05) is 5.57 Å². The zero-order chi connectivity index (χ0) is 17.6. The van der Waals surface area contributed by atoms with Gasteiger partial charge in [0.05, 0.1) is 0 Å². The Hall–Kier alpha value is -2.08. The second-order valence-electron chi connectivity index (χ2n) is 3.70. The van der Waals surface area contributed by atoms with Gasteiger partial charge in [-0.25, -0.2) is 14.4 Å². The molecule has 0 aromatic rings. The third-order valence-corrected chi connectivity index (χ3v) is 2.63. The van der Waals surface area contributed by atoms with E-state index in [2.05, 4.69) is 20.8 Å². The lowest BCUT2D eigenvalue weighted by Gasteiger charge is -2.12. The van der Waals surface area contributed by atoms with Crippen molar-refractivity contribution in [3.8, 4) is 0 Å². The molecule has 0 rings (SSSR count). The zero-order valence-electron chi connectivity index (χ0n) is 11.2. The summed E-state index contributed by atoms with van der Waals surface area (Å²) < 4.78 is 66.5. The van der Waals surface area contributed by atoms with Crippen LogP contribution in [0.2, 0.25) is 0 Å². The van der Waals surface area contributed by atoms with E-state index in [1.165, 1.54) is 6.92 Å². The van der Waals surface area contributed by atoms with Crippen molar-refractivity contribution in [3.63, 3.8) is 0 Å². The van der Waals surface area contributed by atoms with Gasteiger partial charge in [-0.15, -0.1) is 0 Å². The Morgan fingerprint density at radius 3 is 2.09 bits per heavy atom. The third-order valence-electron chi connectivity index (χ3n) is 1.81. The van der Waals surface area contributed by atoms with E-state index in [1.54, 1.807) is 0 Å². The van der Waals surface area contributed by atoms with E-state index in [0.29, 0.717) is 0 Å². The number of hydrogen-bond acceptors (Lipinski definition) is 8.